The first kappa shape index (κ1) is 11.8. The van der Waals surface area contributed by atoms with Crippen LogP contribution in [0.2, 0.25) is 5.02 Å². The maximum atomic E-state index is 10.7. The summed E-state index contributed by atoms with van der Waals surface area (Å²) in [7, 11) is 0. The van der Waals surface area contributed by atoms with Crippen LogP contribution in [-0.2, 0) is 11.2 Å². The fourth-order valence-electron chi connectivity index (χ4n) is 1.18. The highest BCUT2D eigenvalue weighted by Crippen LogP contribution is 2.20. The van der Waals surface area contributed by atoms with Crippen molar-refractivity contribution in [2.24, 2.45) is 5.73 Å². The maximum Gasteiger partial charge on any atom is 0.223 e. The first-order valence-electron chi connectivity index (χ1n) is 4.75. The van der Waals surface area contributed by atoms with E-state index in [4.69, 9.17) is 17.3 Å². The second-order valence-electron chi connectivity index (χ2n) is 3.27. The fraction of sp³-hybridized carbons (Fsp3) is 0.100. The third-order valence-corrected chi connectivity index (χ3v) is 2.90. The number of hydrogen-bond donors (Lipinski definition) is 2. The molecule has 2 aromatic heterocycles. The fourth-order valence-corrected chi connectivity index (χ4v) is 2.01. The first-order valence-corrected chi connectivity index (χ1v) is 6.00. The Morgan fingerprint density at radius 3 is 3.00 bits per heavy atom. The molecule has 0 atom stereocenters. The van der Waals surface area contributed by atoms with Gasteiger partial charge in [0.25, 0.3) is 0 Å². The number of nitrogens with one attached hydrogen (secondary N) is 1. The number of carbonyl (C=O) groups excluding carboxylic acids is 1. The largest absolute Gasteiger partial charge is 0.369 e. The van der Waals surface area contributed by atoms with E-state index in [0.29, 0.717) is 21.7 Å². The van der Waals surface area contributed by atoms with Crippen molar-refractivity contribution in [3.63, 3.8) is 0 Å². The Balaban J connectivity index is 2.06. The van der Waals surface area contributed by atoms with Crippen molar-refractivity contribution in [2.45, 2.75) is 6.42 Å². The standard InChI is InChI=1S/C10H9ClN4OS/c11-6-1-2-9(13-4-6)15-10-14-7(5-17-10)3-8(12)16/h1-2,4-5H,3H2,(H2,12,16)(H,13,14,15). The van der Waals surface area contributed by atoms with Crippen molar-refractivity contribution in [2.75, 3.05) is 5.32 Å². The lowest BCUT2D eigenvalue weighted by Gasteiger charge is -2.00. The Morgan fingerprint density at radius 1 is 1.53 bits per heavy atom. The molecular weight excluding hydrogens is 260 g/mol. The molecule has 0 bridgehead atoms. The van der Waals surface area contributed by atoms with Crippen LogP contribution in [-0.4, -0.2) is 15.9 Å². The van der Waals surface area contributed by atoms with Crippen LogP contribution in [0.15, 0.2) is 23.7 Å². The minimum Gasteiger partial charge on any atom is -0.369 e. The zero-order valence-electron chi connectivity index (χ0n) is 8.68. The molecule has 88 valence electrons. The average Bonchev–Trinajstić information content (AvgIpc) is 2.68. The molecule has 0 spiro atoms. The molecule has 0 aliphatic carbocycles. The number of hydrogen-bond acceptors (Lipinski definition) is 5. The number of halogens is 1. The van der Waals surface area contributed by atoms with Crippen molar-refractivity contribution in [3.05, 3.63) is 34.4 Å². The predicted octanol–water partition coefficient (Wildman–Crippen LogP) is 1.96. The van der Waals surface area contributed by atoms with E-state index in [1.165, 1.54) is 11.3 Å². The average molecular weight is 269 g/mol. The third kappa shape index (κ3) is 3.40. The topological polar surface area (TPSA) is 80.9 Å². The number of carbonyl (C=O) groups is 1. The predicted molar refractivity (Wildman–Crippen MR) is 67.5 cm³/mol. The van der Waals surface area contributed by atoms with E-state index in [-0.39, 0.29) is 6.42 Å². The molecule has 7 heteroatoms. The number of nitrogens with zero attached hydrogens (tertiary/aromatic N) is 2. The van der Waals surface area contributed by atoms with E-state index in [1.807, 2.05) is 0 Å². The Kier molecular flexibility index (Phi) is 3.55. The van der Waals surface area contributed by atoms with Gasteiger partial charge in [0.2, 0.25) is 5.91 Å². The molecule has 0 radical (unpaired) electrons. The number of pyridine rings is 1. The molecule has 17 heavy (non-hydrogen) atoms. The van der Waals surface area contributed by atoms with Crippen LogP contribution in [0.3, 0.4) is 0 Å². The van der Waals surface area contributed by atoms with Crippen molar-refractivity contribution < 1.29 is 4.79 Å². The van der Waals surface area contributed by atoms with Gasteiger partial charge >= 0.3 is 0 Å². The molecule has 0 aromatic carbocycles. The van der Waals surface area contributed by atoms with E-state index in [0.717, 1.165) is 0 Å². The van der Waals surface area contributed by atoms with Crippen LogP contribution in [0.5, 0.6) is 0 Å². The Bertz CT molecular complexity index is 525. The molecule has 2 rings (SSSR count). The van der Waals surface area contributed by atoms with Gasteiger partial charge in [0.05, 0.1) is 17.1 Å². The lowest BCUT2D eigenvalue weighted by atomic mass is 10.3. The smallest absolute Gasteiger partial charge is 0.223 e. The molecule has 2 heterocycles. The highest BCUT2D eigenvalue weighted by atomic mass is 35.5. The van der Waals surface area contributed by atoms with Gasteiger partial charge < -0.3 is 11.1 Å². The van der Waals surface area contributed by atoms with E-state index < -0.39 is 5.91 Å². The zero-order valence-corrected chi connectivity index (χ0v) is 10.3. The van der Waals surface area contributed by atoms with Crippen molar-refractivity contribution in [3.8, 4) is 0 Å². The maximum absolute atomic E-state index is 10.7. The number of aromatic nitrogens is 2. The molecule has 3 N–H and O–H groups in total. The summed E-state index contributed by atoms with van der Waals surface area (Å²) in [5.74, 6) is 0.251. The van der Waals surface area contributed by atoms with E-state index >= 15 is 0 Å². The molecule has 5 nitrogen and oxygen atoms in total. The van der Waals surface area contributed by atoms with Gasteiger partial charge in [-0.2, -0.15) is 0 Å². The molecule has 1 amide bonds. The summed E-state index contributed by atoms with van der Waals surface area (Å²) < 4.78 is 0. The second-order valence-corrected chi connectivity index (χ2v) is 4.57. The quantitative estimate of drug-likeness (QED) is 0.888. The van der Waals surface area contributed by atoms with Crippen molar-refractivity contribution in [1.82, 2.24) is 9.97 Å². The van der Waals surface area contributed by atoms with Crippen LogP contribution in [0, 0.1) is 0 Å². The summed E-state index contributed by atoms with van der Waals surface area (Å²) in [4.78, 5) is 19.0. The lowest BCUT2D eigenvalue weighted by Crippen LogP contribution is -2.13. The number of primary amides is 1. The van der Waals surface area contributed by atoms with Gasteiger partial charge in [-0.3, -0.25) is 4.79 Å². The normalized spacial score (nSPS) is 10.2. The highest BCUT2D eigenvalue weighted by molar-refractivity contribution is 7.13. The second kappa shape index (κ2) is 5.11. The third-order valence-electron chi connectivity index (χ3n) is 1.87. The van der Waals surface area contributed by atoms with Gasteiger partial charge in [-0.05, 0) is 12.1 Å². The Morgan fingerprint density at radius 2 is 2.35 bits per heavy atom. The number of rotatable bonds is 4. The molecule has 0 saturated carbocycles. The van der Waals surface area contributed by atoms with Crippen molar-refractivity contribution >= 4 is 39.8 Å². The van der Waals surface area contributed by atoms with E-state index in [9.17, 15) is 4.79 Å². The Hall–Kier alpha value is -1.66. The first-order chi connectivity index (χ1) is 8.13. The number of anilines is 2. The number of thiazole rings is 1. The highest BCUT2D eigenvalue weighted by Gasteiger charge is 2.05. The molecule has 2 aromatic rings. The summed E-state index contributed by atoms with van der Waals surface area (Å²) in [6, 6.07) is 3.48. The molecule has 0 fully saturated rings. The van der Waals surface area contributed by atoms with Crippen LogP contribution < -0.4 is 11.1 Å². The molecule has 0 unspecified atom stereocenters. The number of amides is 1. The van der Waals surface area contributed by atoms with Crippen molar-refractivity contribution in [1.29, 1.82) is 0 Å². The minimum atomic E-state index is -0.397. The summed E-state index contributed by atoms with van der Waals surface area (Å²) >= 11 is 7.11. The summed E-state index contributed by atoms with van der Waals surface area (Å²) in [5, 5.41) is 6.03. The van der Waals surface area contributed by atoms with E-state index in [1.54, 1.807) is 23.7 Å². The van der Waals surface area contributed by atoms with E-state index in [2.05, 4.69) is 15.3 Å². The van der Waals surface area contributed by atoms with Gasteiger partial charge in [0, 0.05) is 11.6 Å². The van der Waals surface area contributed by atoms with Crippen LogP contribution in [0.4, 0.5) is 10.9 Å². The van der Waals surface area contributed by atoms with Gasteiger partial charge in [0.1, 0.15) is 5.82 Å². The SMILES string of the molecule is NC(=O)Cc1csc(Nc2ccc(Cl)cn2)n1. The summed E-state index contributed by atoms with van der Waals surface area (Å²) in [5.41, 5.74) is 5.73. The molecule has 0 aliphatic rings. The lowest BCUT2D eigenvalue weighted by molar-refractivity contribution is -0.117. The number of nitrogens with two attached hydrogens (primary N) is 1. The molecule has 0 aliphatic heterocycles. The van der Waals surface area contributed by atoms with Gasteiger partial charge in [-0.25, -0.2) is 9.97 Å². The molecule has 0 saturated heterocycles. The van der Waals surface area contributed by atoms with Gasteiger partial charge in [0.15, 0.2) is 5.13 Å². The minimum absolute atomic E-state index is 0.145. The summed E-state index contributed by atoms with van der Waals surface area (Å²) in [6.07, 6.45) is 1.69. The van der Waals surface area contributed by atoms with Crippen LogP contribution >= 0.6 is 22.9 Å². The Labute approximate surface area is 107 Å². The summed E-state index contributed by atoms with van der Waals surface area (Å²) in [6.45, 7) is 0. The van der Waals surface area contributed by atoms with Gasteiger partial charge in [-0.1, -0.05) is 11.6 Å². The monoisotopic (exact) mass is 268 g/mol. The van der Waals surface area contributed by atoms with Crippen LogP contribution in [0.1, 0.15) is 5.69 Å². The molecular formula is C10H9ClN4OS. The van der Waals surface area contributed by atoms with Gasteiger partial charge in [-0.15, -0.1) is 11.3 Å². The van der Waals surface area contributed by atoms with Crippen LogP contribution in [0.25, 0.3) is 0 Å². The zero-order chi connectivity index (χ0) is 12.3.